The molecule has 0 unspecified atom stereocenters. The minimum absolute atomic E-state index is 0.0962. The van der Waals surface area contributed by atoms with Crippen LogP contribution in [0.5, 0.6) is 11.5 Å². The molecule has 4 nitrogen and oxygen atoms in total. The van der Waals surface area contributed by atoms with E-state index in [1.807, 2.05) is 12.1 Å². The summed E-state index contributed by atoms with van der Waals surface area (Å²) >= 11 is 6.01. The zero-order valence-electron chi connectivity index (χ0n) is 14.5. The zero-order valence-corrected chi connectivity index (χ0v) is 15.3. The van der Waals surface area contributed by atoms with Gasteiger partial charge in [-0.15, -0.1) is 0 Å². The first kappa shape index (κ1) is 19.1. The van der Waals surface area contributed by atoms with Crippen molar-refractivity contribution in [3.63, 3.8) is 0 Å². The minimum Gasteiger partial charge on any atom is -0.497 e. The normalized spacial score (nSPS) is 10.4. The molecule has 0 radical (unpaired) electrons. The molecule has 0 aliphatic carbocycles. The summed E-state index contributed by atoms with van der Waals surface area (Å²) < 4.78 is 24.3. The van der Waals surface area contributed by atoms with Crippen molar-refractivity contribution in [3.05, 3.63) is 58.4 Å². The standard InChI is InChI=1S/C19H21ClFNO3/c1-22(12-16-17(20)5-4-6-18(16)21)19(23)8-7-13-9-14(24-2)11-15(10-13)25-3/h4-6,9-11H,7-8,12H2,1-3H3. The van der Waals surface area contributed by atoms with Gasteiger partial charge in [0.1, 0.15) is 17.3 Å². The Balaban J connectivity index is 2.00. The van der Waals surface area contributed by atoms with Gasteiger partial charge in [0.25, 0.3) is 0 Å². The number of carbonyl (C=O) groups is 1. The number of benzene rings is 2. The van der Waals surface area contributed by atoms with E-state index in [2.05, 4.69) is 0 Å². The SMILES string of the molecule is COc1cc(CCC(=O)N(C)Cc2c(F)cccc2Cl)cc(OC)c1. The van der Waals surface area contributed by atoms with Gasteiger partial charge in [0.15, 0.2) is 0 Å². The molecular weight excluding hydrogens is 345 g/mol. The highest BCUT2D eigenvalue weighted by Gasteiger charge is 2.14. The van der Waals surface area contributed by atoms with Gasteiger partial charge in [0.05, 0.1) is 14.2 Å². The zero-order chi connectivity index (χ0) is 18.4. The number of carbonyl (C=O) groups excluding carboxylic acids is 1. The summed E-state index contributed by atoms with van der Waals surface area (Å²) in [5.74, 6) is 0.840. The van der Waals surface area contributed by atoms with Gasteiger partial charge in [-0.1, -0.05) is 17.7 Å². The first-order valence-electron chi connectivity index (χ1n) is 7.83. The molecule has 2 rings (SSSR count). The molecule has 0 spiro atoms. The van der Waals surface area contributed by atoms with Gasteiger partial charge in [-0.3, -0.25) is 4.79 Å². The van der Waals surface area contributed by atoms with Crippen LogP contribution in [0.1, 0.15) is 17.5 Å². The highest BCUT2D eigenvalue weighted by atomic mass is 35.5. The number of ether oxygens (including phenoxy) is 2. The molecule has 0 aromatic heterocycles. The van der Waals surface area contributed by atoms with Crippen molar-refractivity contribution in [3.8, 4) is 11.5 Å². The average molecular weight is 366 g/mol. The van der Waals surface area contributed by atoms with Gasteiger partial charge in [0, 0.05) is 36.7 Å². The molecule has 134 valence electrons. The Kier molecular flexibility index (Phi) is 6.65. The van der Waals surface area contributed by atoms with Crippen molar-refractivity contribution < 1.29 is 18.7 Å². The highest BCUT2D eigenvalue weighted by molar-refractivity contribution is 6.31. The predicted molar refractivity (Wildman–Crippen MR) is 95.8 cm³/mol. The summed E-state index contributed by atoms with van der Waals surface area (Å²) in [7, 11) is 4.79. The molecule has 0 saturated heterocycles. The monoisotopic (exact) mass is 365 g/mol. The molecule has 0 aliphatic rings. The molecule has 0 bridgehead atoms. The topological polar surface area (TPSA) is 38.8 Å². The molecule has 6 heteroatoms. The van der Waals surface area contributed by atoms with E-state index in [0.717, 1.165) is 5.56 Å². The van der Waals surface area contributed by atoms with E-state index in [9.17, 15) is 9.18 Å². The Morgan fingerprint density at radius 1 is 1.16 bits per heavy atom. The van der Waals surface area contributed by atoms with Crippen LogP contribution < -0.4 is 9.47 Å². The van der Waals surface area contributed by atoms with Gasteiger partial charge in [-0.25, -0.2) is 4.39 Å². The molecule has 0 N–H and O–H groups in total. The third-order valence-electron chi connectivity index (χ3n) is 3.92. The van der Waals surface area contributed by atoms with Crippen molar-refractivity contribution >= 4 is 17.5 Å². The van der Waals surface area contributed by atoms with E-state index in [4.69, 9.17) is 21.1 Å². The quantitative estimate of drug-likeness (QED) is 0.741. The van der Waals surface area contributed by atoms with Crippen molar-refractivity contribution in [2.45, 2.75) is 19.4 Å². The van der Waals surface area contributed by atoms with Crippen LogP contribution in [-0.4, -0.2) is 32.1 Å². The van der Waals surface area contributed by atoms with E-state index in [1.54, 1.807) is 39.5 Å². The number of amides is 1. The number of hydrogen-bond donors (Lipinski definition) is 0. The second kappa shape index (κ2) is 8.72. The Hall–Kier alpha value is -2.27. The van der Waals surface area contributed by atoms with E-state index in [0.29, 0.717) is 34.9 Å². The Morgan fingerprint density at radius 3 is 2.36 bits per heavy atom. The number of aryl methyl sites for hydroxylation is 1. The third-order valence-corrected chi connectivity index (χ3v) is 4.28. The third kappa shape index (κ3) is 5.10. The van der Waals surface area contributed by atoms with Crippen molar-refractivity contribution in [1.82, 2.24) is 4.90 Å². The molecule has 2 aromatic carbocycles. The number of nitrogens with zero attached hydrogens (tertiary/aromatic N) is 1. The Bertz CT molecular complexity index is 709. The lowest BCUT2D eigenvalue weighted by molar-refractivity contribution is -0.130. The molecule has 0 heterocycles. The number of hydrogen-bond acceptors (Lipinski definition) is 3. The summed E-state index contributed by atoms with van der Waals surface area (Å²) in [5, 5.41) is 0.317. The van der Waals surface area contributed by atoms with Crippen LogP contribution in [0.25, 0.3) is 0 Å². The second-order valence-corrected chi connectivity index (χ2v) is 6.08. The first-order chi connectivity index (χ1) is 11.9. The Morgan fingerprint density at radius 2 is 1.80 bits per heavy atom. The van der Waals surface area contributed by atoms with Crippen LogP contribution in [0.15, 0.2) is 36.4 Å². The fraction of sp³-hybridized carbons (Fsp3) is 0.316. The smallest absolute Gasteiger partial charge is 0.222 e. The fourth-order valence-electron chi connectivity index (χ4n) is 2.46. The summed E-state index contributed by atoms with van der Waals surface area (Å²) in [6.07, 6.45) is 0.820. The van der Waals surface area contributed by atoms with Crippen LogP contribution in [0.4, 0.5) is 4.39 Å². The molecule has 0 aliphatic heterocycles. The predicted octanol–water partition coefficient (Wildman–Crippen LogP) is 4.09. The maximum Gasteiger partial charge on any atom is 0.222 e. The number of rotatable bonds is 7. The molecular formula is C19H21ClFNO3. The second-order valence-electron chi connectivity index (χ2n) is 5.67. The van der Waals surface area contributed by atoms with Gasteiger partial charge >= 0.3 is 0 Å². The molecule has 0 atom stereocenters. The van der Waals surface area contributed by atoms with Crippen molar-refractivity contribution in [2.75, 3.05) is 21.3 Å². The molecule has 1 amide bonds. The maximum absolute atomic E-state index is 13.8. The van der Waals surface area contributed by atoms with E-state index in [1.165, 1.54) is 11.0 Å². The summed E-state index contributed by atoms with van der Waals surface area (Å²) in [4.78, 5) is 13.8. The summed E-state index contributed by atoms with van der Waals surface area (Å²) in [6, 6.07) is 9.99. The largest absolute Gasteiger partial charge is 0.497 e. The maximum atomic E-state index is 13.8. The first-order valence-corrected chi connectivity index (χ1v) is 8.21. The highest BCUT2D eigenvalue weighted by Crippen LogP contribution is 2.24. The summed E-state index contributed by atoms with van der Waals surface area (Å²) in [5.41, 5.74) is 1.25. The molecule has 2 aromatic rings. The lowest BCUT2D eigenvalue weighted by Gasteiger charge is -2.18. The molecule has 0 fully saturated rings. The Labute approximate surface area is 152 Å². The lowest BCUT2D eigenvalue weighted by atomic mass is 10.1. The van der Waals surface area contributed by atoms with E-state index in [-0.39, 0.29) is 12.5 Å². The fourth-order valence-corrected chi connectivity index (χ4v) is 2.68. The lowest BCUT2D eigenvalue weighted by Crippen LogP contribution is -2.27. The minimum atomic E-state index is -0.412. The van der Waals surface area contributed by atoms with Crippen LogP contribution in [0.2, 0.25) is 5.02 Å². The van der Waals surface area contributed by atoms with Crippen LogP contribution in [0, 0.1) is 5.82 Å². The number of methoxy groups -OCH3 is 2. The van der Waals surface area contributed by atoms with Crippen LogP contribution >= 0.6 is 11.6 Å². The van der Waals surface area contributed by atoms with Crippen molar-refractivity contribution in [2.24, 2.45) is 0 Å². The van der Waals surface area contributed by atoms with Crippen LogP contribution in [0.3, 0.4) is 0 Å². The van der Waals surface area contributed by atoms with Crippen molar-refractivity contribution in [1.29, 1.82) is 0 Å². The number of halogens is 2. The van der Waals surface area contributed by atoms with E-state index >= 15 is 0 Å². The van der Waals surface area contributed by atoms with Gasteiger partial charge in [-0.2, -0.15) is 0 Å². The average Bonchev–Trinajstić information content (AvgIpc) is 2.62. The van der Waals surface area contributed by atoms with Gasteiger partial charge < -0.3 is 14.4 Å². The van der Waals surface area contributed by atoms with Gasteiger partial charge in [-0.05, 0) is 36.2 Å². The van der Waals surface area contributed by atoms with Crippen LogP contribution in [-0.2, 0) is 17.8 Å². The molecule has 25 heavy (non-hydrogen) atoms. The summed E-state index contributed by atoms with van der Waals surface area (Å²) in [6.45, 7) is 0.131. The van der Waals surface area contributed by atoms with Gasteiger partial charge in [0.2, 0.25) is 5.91 Å². The molecule has 0 saturated carbocycles. The van der Waals surface area contributed by atoms with E-state index < -0.39 is 5.82 Å².